The molecule has 0 unspecified atom stereocenters. The van der Waals surface area contributed by atoms with E-state index < -0.39 is 0 Å². The van der Waals surface area contributed by atoms with Crippen LogP contribution in [0.3, 0.4) is 0 Å². The first-order chi connectivity index (χ1) is 10.1. The highest BCUT2D eigenvalue weighted by Gasteiger charge is 2.15. The molecule has 114 valence electrons. The number of benzene rings is 1. The largest absolute Gasteiger partial charge is 0.489 e. The molecule has 2 rings (SSSR count). The summed E-state index contributed by atoms with van der Waals surface area (Å²) in [5, 5.41) is 4.40. The summed E-state index contributed by atoms with van der Waals surface area (Å²) in [5.74, 6) is 1.36. The lowest BCUT2D eigenvalue weighted by Crippen LogP contribution is -2.19. The second-order valence-corrected chi connectivity index (χ2v) is 5.68. The summed E-state index contributed by atoms with van der Waals surface area (Å²) < 4.78 is 11.1. The fraction of sp³-hybridized carbons (Fsp3) is 0.467. The Morgan fingerprint density at radius 2 is 2.19 bits per heavy atom. The average Bonchev–Trinajstić information content (AvgIpc) is 2.63. The summed E-state index contributed by atoms with van der Waals surface area (Å²) in [6, 6.07) is 3.53. The van der Waals surface area contributed by atoms with Crippen molar-refractivity contribution in [2.24, 2.45) is 11.0 Å². The van der Waals surface area contributed by atoms with E-state index in [1.54, 1.807) is 18.3 Å². The lowest BCUT2D eigenvalue weighted by atomic mass is 10.1. The fourth-order valence-corrected chi connectivity index (χ4v) is 2.19. The van der Waals surface area contributed by atoms with Crippen LogP contribution in [0.15, 0.2) is 17.2 Å². The van der Waals surface area contributed by atoms with E-state index in [1.807, 2.05) is 13.8 Å². The van der Waals surface area contributed by atoms with Crippen LogP contribution in [0.25, 0.3) is 0 Å². The third-order valence-corrected chi connectivity index (χ3v) is 3.10. The van der Waals surface area contributed by atoms with Gasteiger partial charge in [-0.25, -0.2) is 5.43 Å². The van der Waals surface area contributed by atoms with Gasteiger partial charge in [-0.15, -0.1) is 0 Å². The summed E-state index contributed by atoms with van der Waals surface area (Å²) in [7, 11) is 0. The highest BCUT2D eigenvalue weighted by Crippen LogP contribution is 2.37. The number of fused-ring (bicyclic) bond motifs is 1. The van der Waals surface area contributed by atoms with Crippen LogP contribution in [0, 0.1) is 5.92 Å². The molecule has 0 bridgehead atoms. The topological polar surface area (TPSA) is 59.9 Å². The van der Waals surface area contributed by atoms with Crippen molar-refractivity contribution in [1.29, 1.82) is 0 Å². The van der Waals surface area contributed by atoms with Gasteiger partial charge in [0, 0.05) is 12.8 Å². The highest BCUT2D eigenvalue weighted by atomic mass is 35.5. The van der Waals surface area contributed by atoms with Crippen LogP contribution in [-0.2, 0) is 4.79 Å². The standard InChI is InChI=1S/C15H19ClN2O3/c1-10(2)6-14(19)18-17-9-11-7-12(16)15-13(8-11)20-4-3-5-21-15/h7-10H,3-6H2,1-2H3,(H,18,19)/b17-9-. The Morgan fingerprint density at radius 1 is 1.43 bits per heavy atom. The molecule has 1 aliphatic rings. The third kappa shape index (κ3) is 4.63. The predicted octanol–water partition coefficient (Wildman–Crippen LogP) is 3.00. The SMILES string of the molecule is CC(C)CC(=O)N/N=C\c1cc(Cl)c2c(c1)OCCCO2. The second kappa shape index (κ2) is 7.31. The van der Waals surface area contributed by atoms with Gasteiger partial charge in [-0.3, -0.25) is 4.79 Å². The molecule has 1 aromatic rings. The molecule has 0 aromatic heterocycles. The number of carbonyl (C=O) groups is 1. The first-order valence-corrected chi connectivity index (χ1v) is 7.35. The van der Waals surface area contributed by atoms with E-state index in [4.69, 9.17) is 21.1 Å². The molecule has 0 fully saturated rings. The highest BCUT2D eigenvalue weighted by molar-refractivity contribution is 6.32. The second-order valence-electron chi connectivity index (χ2n) is 5.27. The van der Waals surface area contributed by atoms with Crippen molar-refractivity contribution in [3.05, 3.63) is 22.7 Å². The maximum atomic E-state index is 11.5. The summed E-state index contributed by atoms with van der Waals surface area (Å²) in [6.07, 6.45) is 2.80. The number of nitrogens with zero attached hydrogens (tertiary/aromatic N) is 1. The Morgan fingerprint density at radius 3 is 2.95 bits per heavy atom. The van der Waals surface area contributed by atoms with Crippen LogP contribution in [-0.4, -0.2) is 25.3 Å². The van der Waals surface area contributed by atoms with Gasteiger partial charge >= 0.3 is 0 Å². The van der Waals surface area contributed by atoms with E-state index in [2.05, 4.69) is 10.5 Å². The van der Waals surface area contributed by atoms with Crippen LogP contribution in [0.1, 0.15) is 32.3 Å². The number of rotatable bonds is 4. The number of carbonyl (C=O) groups excluding carboxylic acids is 1. The molecular weight excluding hydrogens is 292 g/mol. The van der Waals surface area contributed by atoms with Crippen LogP contribution in [0.4, 0.5) is 0 Å². The maximum absolute atomic E-state index is 11.5. The number of hydrogen-bond acceptors (Lipinski definition) is 4. The van der Waals surface area contributed by atoms with E-state index in [9.17, 15) is 4.79 Å². The van der Waals surface area contributed by atoms with Crippen LogP contribution >= 0.6 is 11.6 Å². The molecule has 0 aliphatic carbocycles. The fourth-order valence-electron chi connectivity index (χ4n) is 1.92. The van der Waals surface area contributed by atoms with Crippen LogP contribution in [0.2, 0.25) is 5.02 Å². The molecule has 1 aromatic carbocycles. The van der Waals surface area contributed by atoms with Gasteiger partial charge in [-0.05, 0) is 23.6 Å². The third-order valence-electron chi connectivity index (χ3n) is 2.82. The molecule has 0 radical (unpaired) electrons. The Bertz CT molecular complexity index is 544. The van der Waals surface area contributed by atoms with Gasteiger partial charge < -0.3 is 9.47 Å². The van der Waals surface area contributed by atoms with E-state index in [1.165, 1.54) is 0 Å². The number of halogens is 1. The predicted molar refractivity (Wildman–Crippen MR) is 82.3 cm³/mol. The van der Waals surface area contributed by atoms with Gasteiger partial charge in [-0.2, -0.15) is 5.10 Å². The minimum absolute atomic E-state index is 0.110. The molecule has 1 aliphatic heterocycles. The number of hydrazone groups is 1. The van der Waals surface area contributed by atoms with Crippen LogP contribution in [0.5, 0.6) is 11.5 Å². The number of hydrogen-bond donors (Lipinski definition) is 1. The van der Waals surface area contributed by atoms with Crippen molar-refractivity contribution in [1.82, 2.24) is 5.43 Å². The zero-order chi connectivity index (χ0) is 15.2. The molecule has 0 saturated heterocycles. The van der Waals surface area contributed by atoms with E-state index in [0.717, 1.165) is 12.0 Å². The molecule has 0 spiro atoms. The Hall–Kier alpha value is -1.75. The number of ether oxygens (including phenoxy) is 2. The maximum Gasteiger partial charge on any atom is 0.240 e. The average molecular weight is 311 g/mol. The van der Waals surface area contributed by atoms with Crippen molar-refractivity contribution in [3.63, 3.8) is 0 Å². The molecule has 21 heavy (non-hydrogen) atoms. The van der Waals surface area contributed by atoms with Crippen molar-refractivity contribution in [2.45, 2.75) is 26.7 Å². The molecule has 6 heteroatoms. The van der Waals surface area contributed by atoms with Gasteiger partial charge in [-0.1, -0.05) is 25.4 Å². The molecule has 5 nitrogen and oxygen atoms in total. The molecule has 1 N–H and O–H groups in total. The quantitative estimate of drug-likeness (QED) is 0.687. The minimum atomic E-state index is -0.110. The van der Waals surface area contributed by atoms with Crippen molar-refractivity contribution in [3.8, 4) is 11.5 Å². The van der Waals surface area contributed by atoms with E-state index in [-0.39, 0.29) is 5.91 Å². The summed E-state index contributed by atoms with van der Waals surface area (Å²) >= 11 is 6.18. The molecule has 0 atom stereocenters. The van der Waals surface area contributed by atoms with Crippen molar-refractivity contribution in [2.75, 3.05) is 13.2 Å². The van der Waals surface area contributed by atoms with Gasteiger partial charge in [0.1, 0.15) is 0 Å². The van der Waals surface area contributed by atoms with Gasteiger partial charge in [0.05, 0.1) is 24.5 Å². The smallest absolute Gasteiger partial charge is 0.240 e. The lowest BCUT2D eigenvalue weighted by molar-refractivity contribution is -0.121. The monoisotopic (exact) mass is 310 g/mol. The first kappa shape index (κ1) is 15.6. The summed E-state index contributed by atoms with van der Waals surface area (Å²) in [4.78, 5) is 11.5. The minimum Gasteiger partial charge on any atom is -0.489 e. The Kier molecular flexibility index (Phi) is 5.44. The molecule has 1 amide bonds. The number of amides is 1. The van der Waals surface area contributed by atoms with E-state index in [0.29, 0.717) is 42.1 Å². The molecule has 0 saturated carbocycles. The zero-order valence-electron chi connectivity index (χ0n) is 12.2. The number of nitrogens with one attached hydrogen (secondary N) is 1. The Balaban J connectivity index is 2.05. The summed E-state index contributed by atoms with van der Waals surface area (Å²) in [5.41, 5.74) is 3.23. The molecule has 1 heterocycles. The summed E-state index contributed by atoms with van der Waals surface area (Å²) in [6.45, 7) is 5.14. The van der Waals surface area contributed by atoms with Gasteiger partial charge in [0.2, 0.25) is 5.91 Å². The van der Waals surface area contributed by atoms with Crippen molar-refractivity contribution >= 4 is 23.7 Å². The Labute approximate surface area is 129 Å². The first-order valence-electron chi connectivity index (χ1n) is 6.97. The van der Waals surface area contributed by atoms with E-state index >= 15 is 0 Å². The molecular formula is C15H19ClN2O3. The lowest BCUT2D eigenvalue weighted by Gasteiger charge is -2.09. The van der Waals surface area contributed by atoms with Gasteiger partial charge in [0.15, 0.2) is 11.5 Å². The van der Waals surface area contributed by atoms with Gasteiger partial charge in [0.25, 0.3) is 0 Å². The van der Waals surface area contributed by atoms with Crippen molar-refractivity contribution < 1.29 is 14.3 Å². The normalized spacial score (nSPS) is 14.3. The van der Waals surface area contributed by atoms with Crippen LogP contribution < -0.4 is 14.9 Å². The zero-order valence-corrected chi connectivity index (χ0v) is 12.9.